The number of nitrogens with one attached hydrogen (secondary N) is 1. The van der Waals surface area contributed by atoms with Gasteiger partial charge in [0, 0.05) is 13.0 Å². The molecule has 0 aliphatic heterocycles. The quantitative estimate of drug-likeness (QED) is 0.507. The molecular weight excluding hydrogens is 274 g/mol. The molecule has 1 aromatic rings. The molecule has 1 aromatic carbocycles. The summed E-state index contributed by atoms with van der Waals surface area (Å²) in [5.74, 6) is -2.00. The normalized spacial score (nSPS) is 13.7. The summed E-state index contributed by atoms with van der Waals surface area (Å²) in [4.78, 5) is 45.9. The fraction of sp³-hybridized carbons (Fsp3) is 0.0667. The SMILES string of the molecule is CC(=O)Oc1ccccc1C(=O)NC1=CC(=O)C=CC1=O. The van der Waals surface area contributed by atoms with Gasteiger partial charge in [0.1, 0.15) is 5.75 Å². The van der Waals surface area contributed by atoms with Gasteiger partial charge in [0.15, 0.2) is 5.78 Å². The summed E-state index contributed by atoms with van der Waals surface area (Å²) in [7, 11) is 0. The number of hydrogen-bond acceptors (Lipinski definition) is 5. The van der Waals surface area contributed by atoms with E-state index >= 15 is 0 Å². The van der Waals surface area contributed by atoms with Crippen LogP contribution >= 0.6 is 0 Å². The van der Waals surface area contributed by atoms with Crippen molar-refractivity contribution >= 4 is 23.4 Å². The number of carbonyl (C=O) groups is 4. The van der Waals surface area contributed by atoms with Crippen LogP contribution in [-0.4, -0.2) is 23.4 Å². The Labute approximate surface area is 120 Å². The van der Waals surface area contributed by atoms with E-state index in [1.165, 1.54) is 19.1 Å². The Bertz CT molecular complexity index is 700. The molecule has 6 heteroatoms. The van der Waals surface area contributed by atoms with Crippen LogP contribution in [0.1, 0.15) is 17.3 Å². The Balaban J connectivity index is 2.23. The highest BCUT2D eigenvalue weighted by atomic mass is 16.5. The maximum Gasteiger partial charge on any atom is 0.308 e. The second-order valence-corrected chi connectivity index (χ2v) is 4.20. The third kappa shape index (κ3) is 3.50. The van der Waals surface area contributed by atoms with Crippen LogP contribution in [0.2, 0.25) is 0 Å². The fourth-order valence-corrected chi connectivity index (χ4v) is 1.69. The number of allylic oxidation sites excluding steroid dienone is 3. The number of carbonyl (C=O) groups excluding carboxylic acids is 4. The minimum Gasteiger partial charge on any atom is -0.426 e. The van der Waals surface area contributed by atoms with E-state index in [4.69, 9.17) is 4.74 Å². The largest absolute Gasteiger partial charge is 0.426 e. The number of ketones is 2. The fourth-order valence-electron chi connectivity index (χ4n) is 1.69. The molecule has 21 heavy (non-hydrogen) atoms. The second-order valence-electron chi connectivity index (χ2n) is 4.20. The molecule has 0 saturated heterocycles. The first kappa shape index (κ1) is 14.4. The number of amides is 1. The van der Waals surface area contributed by atoms with Crippen LogP contribution < -0.4 is 10.1 Å². The van der Waals surface area contributed by atoms with E-state index in [1.54, 1.807) is 12.1 Å². The molecule has 0 aromatic heterocycles. The Morgan fingerprint density at radius 3 is 2.52 bits per heavy atom. The summed E-state index contributed by atoms with van der Waals surface area (Å²) in [6.07, 6.45) is 3.23. The van der Waals surface area contributed by atoms with Crippen molar-refractivity contribution in [3.63, 3.8) is 0 Å². The predicted octanol–water partition coefficient (Wildman–Crippen LogP) is 0.934. The molecule has 6 nitrogen and oxygen atoms in total. The highest BCUT2D eigenvalue weighted by Gasteiger charge is 2.19. The number of benzene rings is 1. The molecule has 0 fully saturated rings. The molecular formula is C15H11NO5. The minimum atomic E-state index is -0.644. The van der Waals surface area contributed by atoms with Crippen molar-refractivity contribution in [2.75, 3.05) is 0 Å². The minimum absolute atomic E-state index is 0.0771. The average Bonchev–Trinajstić information content (AvgIpc) is 2.42. The zero-order chi connectivity index (χ0) is 15.4. The number of hydrogen-bond donors (Lipinski definition) is 1. The van der Waals surface area contributed by atoms with Crippen LogP contribution in [0, 0.1) is 0 Å². The number of ether oxygens (including phenoxy) is 1. The number of rotatable bonds is 3. The van der Waals surface area contributed by atoms with Crippen LogP contribution in [0.3, 0.4) is 0 Å². The first-order valence-electron chi connectivity index (χ1n) is 6.04. The van der Waals surface area contributed by atoms with Gasteiger partial charge in [-0.05, 0) is 24.3 Å². The summed E-state index contributed by atoms with van der Waals surface area (Å²) in [6, 6.07) is 6.09. The third-order valence-corrected chi connectivity index (χ3v) is 2.58. The molecule has 1 aliphatic rings. The van der Waals surface area contributed by atoms with Gasteiger partial charge in [-0.3, -0.25) is 19.2 Å². The lowest BCUT2D eigenvalue weighted by Crippen LogP contribution is -2.29. The Kier molecular flexibility index (Phi) is 4.08. The zero-order valence-electron chi connectivity index (χ0n) is 11.1. The van der Waals surface area contributed by atoms with Crippen molar-refractivity contribution in [3.05, 3.63) is 53.8 Å². The van der Waals surface area contributed by atoms with E-state index in [9.17, 15) is 19.2 Å². The van der Waals surface area contributed by atoms with Crippen molar-refractivity contribution in [1.82, 2.24) is 5.32 Å². The molecule has 2 rings (SSSR count). The summed E-state index contributed by atoms with van der Waals surface area (Å²) in [5.41, 5.74) is -0.0338. The van der Waals surface area contributed by atoms with Crippen LogP contribution in [0.5, 0.6) is 5.75 Å². The lowest BCUT2D eigenvalue weighted by molar-refractivity contribution is -0.131. The molecule has 0 bridgehead atoms. The molecule has 0 radical (unpaired) electrons. The first-order valence-corrected chi connectivity index (χ1v) is 6.04. The van der Waals surface area contributed by atoms with Gasteiger partial charge in [-0.25, -0.2) is 0 Å². The van der Waals surface area contributed by atoms with E-state index in [-0.39, 0.29) is 17.0 Å². The summed E-state index contributed by atoms with van der Waals surface area (Å²) in [5, 5.41) is 2.34. The van der Waals surface area contributed by atoms with Crippen molar-refractivity contribution < 1.29 is 23.9 Å². The van der Waals surface area contributed by atoms with E-state index in [0.29, 0.717) is 0 Å². The van der Waals surface area contributed by atoms with Crippen molar-refractivity contribution in [3.8, 4) is 5.75 Å². The smallest absolute Gasteiger partial charge is 0.308 e. The standard InChI is InChI=1S/C15H11NO5/c1-9(17)21-14-5-3-2-4-11(14)15(20)16-12-8-10(18)6-7-13(12)19/h2-8H,1H3,(H,16,20). The van der Waals surface area contributed by atoms with E-state index in [1.807, 2.05) is 0 Å². The van der Waals surface area contributed by atoms with Crippen molar-refractivity contribution in [1.29, 1.82) is 0 Å². The second kappa shape index (κ2) is 5.96. The Morgan fingerprint density at radius 1 is 1.10 bits per heavy atom. The highest BCUT2D eigenvalue weighted by molar-refractivity contribution is 6.19. The van der Waals surface area contributed by atoms with E-state index in [0.717, 1.165) is 18.2 Å². The summed E-state index contributed by atoms with van der Waals surface area (Å²) >= 11 is 0. The summed E-state index contributed by atoms with van der Waals surface area (Å²) in [6.45, 7) is 1.21. The van der Waals surface area contributed by atoms with Gasteiger partial charge >= 0.3 is 5.97 Å². The molecule has 1 amide bonds. The van der Waals surface area contributed by atoms with Gasteiger partial charge in [-0.1, -0.05) is 12.1 Å². The molecule has 0 saturated carbocycles. The zero-order valence-corrected chi connectivity index (χ0v) is 11.1. The van der Waals surface area contributed by atoms with Crippen LogP contribution in [0.25, 0.3) is 0 Å². The topological polar surface area (TPSA) is 89.5 Å². The third-order valence-electron chi connectivity index (χ3n) is 2.58. The average molecular weight is 285 g/mol. The molecule has 0 spiro atoms. The Hall–Kier alpha value is -3.02. The molecule has 106 valence electrons. The van der Waals surface area contributed by atoms with Crippen molar-refractivity contribution in [2.24, 2.45) is 0 Å². The predicted molar refractivity (Wildman–Crippen MR) is 72.5 cm³/mol. The van der Waals surface area contributed by atoms with Gasteiger partial charge in [-0.2, -0.15) is 0 Å². The molecule has 1 N–H and O–H groups in total. The van der Waals surface area contributed by atoms with Gasteiger partial charge in [-0.15, -0.1) is 0 Å². The van der Waals surface area contributed by atoms with Gasteiger partial charge < -0.3 is 10.1 Å². The molecule has 0 unspecified atom stereocenters. The molecule has 1 aliphatic carbocycles. The van der Waals surface area contributed by atoms with Crippen molar-refractivity contribution in [2.45, 2.75) is 6.92 Å². The van der Waals surface area contributed by atoms with E-state index < -0.39 is 23.4 Å². The highest BCUT2D eigenvalue weighted by Crippen LogP contribution is 2.18. The lowest BCUT2D eigenvalue weighted by Gasteiger charge is -2.11. The van der Waals surface area contributed by atoms with Gasteiger partial charge in [0.25, 0.3) is 5.91 Å². The monoisotopic (exact) mass is 285 g/mol. The van der Waals surface area contributed by atoms with Gasteiger partial charge in [0.2, 0.25) is 5.78 Å². The maximum absolute atomic E-state index is 12.1. The Morgan fingerprint density at radius 2 is 1.81 bits per heavy atom. The van der Waals surface area contributed by atoms with Gasteiger partial charge in [0.05, 0.1) is 11.3 Å². The maximum atomic E-state index is 12.1. The molecule has 0 heterocycles. The van der Waals surface area contributed by atoms with Crippen LogP contribution in [0.4, 0.5) is 0 Å². The number of esters is 1. The lowest BCUT2D eigenvalue weighted by atomic mass is 10.1. The molecule has 0 atom stereocenters. The number of para-hydroxylation sites is 1. The van der Waals surface area contributed by atoms with Crippen LogP contribution in [0.15, 0.2) is 48.2 Å². The van der Waals surface area contributed by atoms with Crippen LogP contribution in [-0.2, 0) is 14.4 Å². The summed E-state index contributed by atoms with van der Waals surface area (Å²) < 4.78 is 4.92. The first-order chi connectivity index (χ1) is 9.97. The van der Waals surface area contributed by atoms with E-state index in [2.05, 4.69) is 5.32 Å².